The minimum Gasteiger partial charge on any atom is -0.392 e. The molecule has 0 unspecified atom stereocenters. The van der Waals surface area contributed by atoms with Gasteiger partial charge in [-0.2, -0.15) is 0 Å². The van der Waals surface area contributed by atoms with Gasteiger partial charge >= 0.3 is 0 Å². The van der Waals surface area contributed by atoms with Crippen LogP contribution in [0.4, 0.5) is 0 Å². The molecular weight excluding hydrogens is 104 g/mol. The molecule has 0 saturated carbocycles. The van der Waals surface area contributed by atoms with Crippen molar-refractivity contribution in [2.75, 3.05) is 6.61 Å². The molecule has 0 aliphatic carbocycles. The van der Waals surface area contributed by atoms with E-state index in [4.69, 9.17) is 16.6 Å². The second-order valence-corrected chi connectivity index (χ2v) is 1.69. The predicted octanol–water partition coefficient (Wildman–Crippen LogP) is -0.247. The summed E-state index contributed by atoms with van der Waals surface area (Å²) in [5, 5.41) is 17.3. The van der Waals surface area contributed by atoms with E-state index in [1.54, 1.807) is 6.92 Å². The normalized spacial score (nSPS) is 16.8. The highest BCUT2D eigenvalue weighted by Crippen LogP contribution is 2.04. The van der Waals surface area contributed by atoms with Crippen LogP contribution in [0.3, 0.4) is 0 Å². The van der Waals surface area contributed by atoms with Crippen molar-refractivity contribution in [1.29, 1.82) is 0 Å². The molecule has 0 aromatic rings. The number of terminal acetylenes is 1. The minimum absolute atomic E-state index is 0.361. The zero-order valence-electron chi connectivity index (χ0n) is 4.89. The van der Waals surface area contributed by atoms with Crippen LogP contribution in [0.25, 0.3) is 0 Å². The fourth-order valence-corrected chi connectivity index (χ4v) is 0.260. The summed E-state index contributed by atoms with van der Waals surface area (Å²) in [5.74, 6) is 2.08. The lowest BCUT2D eigenvalue weighted by Crippen LogP contribution is -2.29. The van der Waals surface area contributed by atoms with E-state index in [0.717, 1.165) is 0 Å². The maximum absolute atomic E-state index is 8.95. The van der Waals surface area contributed by atoms with Gasteiger partial charge in [-0.1, -0.05) is 12.8 Å². The fraction of sp³-hybridized carbons (Fsp3) is 0.667. The Balaban J connectivity index is 3.83. The molecule has 0 aliphatic rings. The lowest BCUT2D eigenvalue weighted by molar-refractivity contribution is 0.0330. The van der Waals surface area contributed by atoms with E-state index in [1.165, 1.54) is 0 Å². The molecule has 0 aromatic carbocycles. The summed E-state index contributed by atoms with van der Waals surface area (Å²) >= 11 is 0. The molecule has 0 aromatic heterocycles. The first kappa shape index (κ1) is 7.48. The Labute approximate surface area is 49.2 Å². The van der Waals surface area contributed by atoms with Crippen LogP contribution >= 0.6 is 0 Å². The molecule has 2 N–H and O–H groups in total. The first-order chi connectivity index (χ1) is 3.68. The van der Waals surface area contributed by atoms with Crippen molar-refractivity contribution >= 4 is 0 Å². The van der Waals surface area contributed by atoms with Crippen LogP contribution in [-0.2, 0) is 0 Å². The molecule has 0 bridgehead atoms. The molecule has 8 heavy (non-hydrogen) atoms. The van der Waals surface area contributed by atoms with Crippen molar-refractivity contribution in [1.82, 2.24) is 0 Å². The van der Waals surface area contributed by atoms with Crippen LogP contribution < -0.4 is 0 Å². The summed E-state index contributed by atoms with van der Waals surface area (Å²) in [7, 11) is 0. The lowest BCUT2D eigenvalue weighted by atomic mass is 10.0. The third kappa shape index (κ3) is 1.53. The predicted molar refractivity (Wildman–Crippen MR) is 31.2 cm³/mol. The highest BCUT2D eigenvalue weighted by atomic mass is 16.3. The van der Waals surface area contributed by atoms with Gasteiger partial charge in [-0.3, -0.25) is 0 Å². The Bertz CT molecular complexity index is 97.6. The Kier molecular flexibility index (Phi) is 2.53. The molecule has 2 heteroatoms. The number of aliphatic hydroxyl groups is 2. The van der Waals surface area contributed by atoms with Gasteiger partial charge in [0.05, 0.1) is 6.61 Å². The Hall–Kier alpha value is -0.520. The van der Waals surface area contributed by atoms with Crippen molar-refractivity contribution in [3.63, 3.8) is 0 Å². The molecule has 0 saturated heterocycles. The quantitative estimate of drug-likeness (QED) is 0.486. The van der Waals surface area contributed by atoms with Gasteiger partial charge in [-0.25, -0.2) is 0 Å². The van der Waals surface area contributed by atoms with E-state index >= 15 is 0 Å². The molecule has 0 radical (unpaired) electrons. The summed E-state index contributed by atoms with van der Waals surface area (Å²) in [5.41, 5.74) is -1.29. The molecule has 0 rings (SSSR count). The van der Waals surface area contributed by atoms with Crippen LogP contribution in [0, 0.1) is 12.3 Å². The summed E-state index contributed by atoms with van der Waals surface area (Å²) < 4.78 is 0. The smallest absolute Gasteiger partial charge is 0.147 e. The maximum atomic E-state index is 8.95. The van der Waals surface area contributed by atoms with Crippen molar-refractivity contribution in [3.05, 3.63) is 0 Å². The van der Waals surface area contributed by atoms with E-state index in [0.29, 0.717) is 6.42 Å². The second-order valence-electron chi connectivity index (χ2n) is 1.69. The van der Waals surface area contributed by atoms with E-state index in [1.807, 2.05) is 0 Å². The van der Waals surface area contributed by atoms with Crippen molar-refractivity contribution in [3.8, 4) is 12.3 Å². The van der Waals surface area contributed by atoms with E-state index < -0.39 is 5.60 Å². The summed E-state index contributed by atoms with van der Waals surface area (Å²) in [6, 6.07) is 0. The number of hydrogen-bond donors (Lipinski definition) is 2. The average molecular weight is 114 g/mol. The van der Waals surface area contributed by atoms with Gasteiger partial charge in [-0.15, -0.1) is 6.42 Å². The Morgan fingerprint density at radius 1 is 1.75 bits per heavy atom. The fourth-order valence-electron chi connectivity index (χ4n) is 0.260. The van der Waals surface area contributed by atoms with Crippen LogP contribution in [0.2, 0.25) is 0 Å². The maximum Gasteiger partial charge on any atom is 0.147 e. The molecule has 0 spiro atoms. The molecule has 2 nitrogen and oxygen atoms in total. The van der Waals surface area contributed by atoms with Gasteiger partial charge in [0, 0.05) is 0 Å². The van der Waals surface area contributed by atoms with Gasteiger partial charge in [0.25, 0.3) is 0 Å². The van der Waals surface area contributed by atoms with Gasteiger partial charge < -0.3 is 10.2 Å². The molecule has 0 heterocycles. The van der Waals surface area contributed by atoms with Crippen molar-refractivity contribution in [2.24, 2.45) is 0 Å². The summed E-state index contributed by atoms with van der Waals surface area (Å²) in [6.45, 7) is 1.36. The van der Waals surface area contributed by atoms with Crippen molar-refractivity contribution < 1.29 is 10.2 Å². The van der Waals surface area contributed by atoms with E-state index in [2.05, 4.69) is 5.92 Å². The zero-order chi connectivity index (χ0) is 6.62. The number of hydrogen-bond acceptors (Lipinski definition) is 2. The average Bonchev–Trinajstić information content (AvgIpc) is 1.87. The molecule has 0 fully saturated rings. The molecule has 0 amide bonds. The van der Waals surface area contributed by atoms with Crippen molar-refractivity contribution in [2.45, 2.75) is 18.9 Å². The van der Waals surface area contributed by atoms with Gasteiger partial charge in [-0.05, 0) is 6.42 Å². The largest absolute Gasteiger partial charge is 0.392 e. The van der Waals surface area contributed by atoms with Crippen LogP contribution in [0.15, 0.2) is 0 Å². The van der Waals surface area contributed by atoms with Crippen LogP contribution in [-0.4, -0.2) is 22.4 Å². The van der Waals surface area contributed by atoms with Crippen LogP contribution in [0.5, 0.6) is 0 Å². The summed E-state index contributed by atoms with van der Waals surface area (Å²) in [6.07, 6.45) is 5.26. The molecular formula is C6H10O2. The monoisotopic (exact) mass is 114 g/mol. The number of rotatable bonds is 2. The third-order valence-electron chi connectivity index (χ3n) is 1.12. The highest BCUT2D eigenvalue weighted by molar-refractivity contribution is 5.06. The highest BCUT2D eigenvalue weighted by Gasteiger charge is 2.18. The van der Waals surface area contributed by atoms with Gasteiger partial charge in [0.2, 0.25) is 0 Å². The summed E-state index contributed by atoms with van der Waals surface area (Å²) in [4.78, 5) is 0. The van der Waals surface area contributed by atoms with Gasteiger partial charge in [0.15, 0.2) is 0 Å². The lowest BCUT2D eigenvalue weighted by Gasteiger charge is -2.15. The Morgan fingerprint density at radius 3 is 2.25 bits per heavy atom. The SMILES string of the molecule is C#C[C@](O)(CC)CO. The first-order valence-corrected chi connectivity index (χ1v) is 2.49. The molecule has 0 aliphatic heterocycles. The third-order valence-corrected chi connectivity index (χ3v) is 1.12. The van der Waals surface area contributed by atoms with E-state index in [-0.39, 0.29) is 6.61 Å². The standard InChI is InChI=1S/C6H10O2/c1-3-6(8,4-2)5-7/h1,7-8H,4-5H2,2H3/t6-/m0/s1. The Morgan fingerprint density at radius 2 is 2.25 bits per heavy atom. The first-order valence-electron chi connectivity index (χ1n) is 2.49. The van der Waals surface area contributed by atoms with Crippen LogP contribution in [0.1, 0.15) is 13.3 Å². The molecule has 46 valence electrons. The second kappa shape index (κ2) is 2.71. The minimum atomic E-state index is -1.29. The molecule has 1 atom stereocenters. The topological polar surface area (TPSA) is 40.5 Å². The zero-order valence-corrected chi connectivity index (χ0v) is 4.89. The number of aliphatic hydroxyl groups excluding tert-OH is 1. The van der Waals surface area contributed by atoms with E-state index in [9.17, 15) is 0 Å². The van der Waals surface area contributed by atoms with Gasteiger partial charge in [0.1, 0.15) is 5.60 Å².